The highest BCUT2D eigenvalue weighted by Gasteiger charge is 2.15. The number of carboxylic acid groups (broad SMARTS) is 1. The van der Waals surface area contributed by atoms with Gasteiger partial charge in [-0.05, 0) is 33.6 Å². The number of halogens is 1. The number of hydrogen-bond acceptors (Lipinski definition) is 4. The Bertz CT molecular complexity index is 455. The molecule has 1 aromatic rings. The smallest absolute Gasteiger partial charge is 0.327 e. The van der Waals surface area contributed by atoms with Gasteiger partial charge < -0.3 is 15.2 Å². The number of thioether (sulfide) groups is 1. The predicted molar refractivity (Wildman–Crippen MR) is 77.5 cm³/mol. The number of ether oxygens (including phenoxy) is 1. The Labute approximate surface area is 123 Å². The molecule has 0 aromatic heterocycles. The van der Waals surface area contributed by atoms with Gasteiger partial charge in [-0.1, -0.05) is 6.07 Å². The van der Waals surface area contributed by atoms with Crippen molar-refractivity contribution in [2.45, 2.75) is 11.8 Å². The van der Waals surface area contributed by atoms with E-state index >= 15 is 0 Å². The van der Waals surface area contributed by atoms with E-state index in [0.29, 0.717) is 17.9 Å². The summed E-state index contributed by atoms with van der Waals surface area (Å²) in [5, 5.41) is 11.1. The molecule has 5 nitrogen and oxygen atoms in total. The van der Waals surface area contributed by atoms with Gasteiger partial charge in [-0.15, -0.1) is 0 Å². The average molecular weight is 348 g/mol. The second kappa shape index (κ2) is 8.06. The first kappa shape index (κ1) is 15.8. The molecular formula is C12H14BrNO4S. The van der Waals surface area contributed by atoms with E-state index in [1.54, 1.807) is 7.11 Å². The molecule has 104 valence electrons. The molecule has 0 heterocycles. The van der Waals surface area contributed by atoms with Gasteiger partial charge in [-0.25, -0.2) is 4.79 Å². The van der Waals surface area contributed by atoms with Crippen molar-refractivity contribution in [2.24, 2.45) is 0 Å². The van der Waals surface area contributed by atoms with Crippen molar-refractivity contribution in [1.29, 1.82) is 0 Å². The highest BCUT2D eigenvalue weighted by molar-refractivity contribution is 9.10. The molecule has 1 aromatic carbocycles. The van der Waals surface area contributed by atoms with E-state index in [9.17, 15) is 9.59 Å². The second-order valence-corrected chi connectivity index (χ2v) is 5.54. The standard InChI is InChI=1S/C12H14BrNO4S/c1-18-11-3-2-8(4-9(11)13)5-19-6-10(12(16)17)14-7-15/h2-4,7,10H,5-6H2,1H3,(H,14,15)(H,16,17). The molecule has 0 saturated heterocycles. The molecule has 1 unspecified atom stereocenters. The average Bonchev–Trinajstić information content (AvgIpc) is 2.37. The maximum absolute atomic E-state index is 10.8. The Morgan fingerprint density at radius 3 is 2.89 bits per heavy atom. The summed E-state index contributed by atoms with van der Waals surface area (Å²) >= 11 is 4.83. The zero-order valence-corrected chi connectivity index (χ0v) is 12.7. The maximum Gasteiger partial charge on any atom is 0.327 e. The number of rotatable bonds is 8. The van der Waals surface area contributed by atoms with Crippen LogP contribution in [0.15, 0.2) is 22.7 Å². The molecule has 1 atom stereocenters. The lowest BCUT2D eigenvalue weighted by molar-refractivity contribution is -0.139. The number of amides is 1. The number of nitrogens with one attached hydrogen (secondary N) is 1. The fourth-order valence-corrected chi connectivity index (χ4v) is 2.96. The van der Waals surface area contributed by atoms with Crippen LogP contribution in [0.25, 0.3) is 0 Å². The monoisotopic (exact) mass is 347 g/mol. The van der Waals surface area contributed by atoms with Gasteiger partial charge in [0.05, 0.1) is 11.6 Å². The first-order valence-corrected chi connectivity index (χ1v) is 7.36. The Kier molecular flexibility index (Phi) is 6.72. The SMILES string of the molecule is COc1ccc(CSCC(NC=O)C(=O)O)cc1Br. The van der Waals surface area contributed by atoms with E-state index in [2.05, 4.69) is 21.2 Å². The number of methoxy groups -OCH3 is 1. The number of aliphatic carboxylic acids is 1. The lowest BCUT2D eigenvalue weighted by Gasteiger charge is -2.11. The number of carboxylic acids is 1. The summed E-state index contributed by atoms with van der Waals surface area (Å²) in [7, 11) is 1.59. The summed E-state index contributed by atoms with van der Waals surface area (Å²) in [6.45, 7) is 0. The number of carbonyl (C=O) groups excluding carboxylic acids is 1. The van der Waals surface area contributed by atoms with Gasteiger partial charge in [0.25, 0.3) is 0 Å². The van der Waals surface area contributed by atoms with Gasteiger partial charge >= 0.3 is 5.97 Å². The van der Waals surface area contributed by atoms with Crippen LogP contribution in [0.2, 0.25) is 0 Å². The number of carbonyl (C=O) groups is 2. The van der Waals surface area contributed by atoms with E-state index in [-0.39, 0.29) is 0 Å². The predicted octanol–water partition coefficient (Wildman–Crippen LogP) is 1.89. The highest BCUT2D eigenvalue weighted by Crippen LogP contribution is 2.27. The molecule has 0 spiro atoms. The third-order valence-electron chi connectivity index (χ3n) is 2.34. The lowest BCUT2D eigenvalue weighted by atomic mass is 10.2. The van der Waals surface area contributed by atoms with Crippen LogP contribution in [0.5, 0.6) is 5.75 Å². The van der Waals surface area contributed by atoms with Crippen LogP contribution in [0.3, 0.4) is 0 Å². The first-order chi connectivity index (χ1) is 9.08. The first-order valence-electron chi connectivity index (χ1n) is 5.41. The number of benzene rings is 1. The fraction of sp³-hybridized carbons (Fsp3) is 0.333. The van der Waals surface area contributed by atoms with Crippen LogP contribution < -0.4 is 10.1 Å². The molecular weight excluding hydrogens is 334 g/mol. The van der Waals surface area contributed by atoms with Gasteiger partial charge in [0.15, 0.2) is 0 Å². The second-order valence-electron chi connectivity index (χ2n) is 3.66. The minimum Gasteiger partial charge on any atom is -0.496 e. The van der Waals surface area contributed by atoms with Gasteiger partial charge in [-0.2, -0.15) is 11.8 Å². The molecule has 0 aliphatic rings. The van der Waals surface area contributed by atoms with Gasteiger partial charge in [-0.3, -0.25) is 4.79 Å². The van der Waals surface area contributed by atoms with E-state index in [0.717, 1.165) is 15.8 Å². The molecule has 2 N–H and O–H groups in total. The van der Waals surface area contributed by atoms with Crippen molar-refractivity contribution in [3.63, 3.8) is 0 Å². The molecule has 0 fully saturated rings. The molecule has 1 amide bonds. The minimum absolute atomic E-state index is 0.317. The lowest BCUT2D eigenvalue weighted by Crippen LogP contribution is -2.37. The van der Waals surface area contributed by atoms with E-state index < -0.39 is 12.0 Å². The van der Waals surface area contributed by atoms with Crippen molar-refractivity contribution in [2.75, 3.05) is 12.9 Å². The Balaban J connectivity index is 2.50. The Morgan fingerprint density at radius 2 is 2.37 bits per heavy atom. The van der Waals surface area contributed by atoms with E-state index in [1.165, 1.54) is 11.8 Å². The van der Waals surface area contributed by atoms with Crippen molar-refractivity contribution in [1.82, 2.24) is 5.32 Å². The molecule has 0 radical (unpaired) electrons. The van der Waals surface area contributed by atoms with Gasteiger partial charge in [0.1, 0.15) is 11.8 Å². The van der Waals surface area contributed by atoms with Crippen molar-refractivity contribution < 1.29 is 19.4 Å². The summed E-state index contributed by atoms with van der Waals surface area (Å²) < 4.78 is 5.98. The summed E-state index contributed by atoms with van der Waals surface area (Å²) in [5.74, 6) is 0.695. The van der Waals surface area contributed by atoms with Crippen molar-refractivity contribution >= 4 is 40.1 Å². The molecule has 7 heteroatoms. The molecule has 0 saturated carbocycles. The van der Waals surface area contributed by atoms with E-state index in [1.807, 2.05) is 18.2 Å². The van der Waals surface area contributed by atoms with Crippen LogP contribution >= 0.6 is 27.7 Å². The van der Waals surface area contributed by atoms with E-state index in [4.69, 9.17) is 9.84 Å². The largest absolute Gasteiger partial charge is 0.496 e. The maximum atomic E-state index is 10.8. The quantitative estimate of drug-likeness (QED) is 0.702. The normalized spacial score (nSPS) is 11.7. The highest BCUT2D eigenvalue weighted by atomic mass is 79.9. The van der Waals surface area contributed by atoms with Crippen molar-refractivity contribution in [3.05, 3.63) is 28.2 Å². The number of hydrogen-bond donors (Lipinski definition) is 2. The molecule has 1 rings (SSSR count). The van der Waals surface area contributed by atoms with Crippen LogP contribution in [-0.4, -0.2) is 36.4 Å². The molecule has 19 heavy (non-hydrogen) atoms. The fourth-order valence-electron chi connectivity index (χ4n) is 1.37. The molecule has 0 bridgehead atoms. The van der Waals surface area contributed by atoms with Crippen LogP contribution in [-0.2, 0) is 15.3 Å². The van der Waals surface area contributed by atoms with Crippen LogP contribution in [0.1, 0.15) is 5.56 Å². The zero-order chi connectivity index (χ0) is 14.3. The Morgan fingerprint density at radius 1 is 1.63 bits per heavy atom. The summed E-state index contributed by atoms with van der Waals surface area (Å²) in [6, 6.07) is 4.83. The third-order valence-corrected chi connectivity index (χ3v) is 4.06. The van der Waals surface area contributed by atoms with Gasteiger partial charge in [0, 0.05) is 11.5 Å². The summed E-state index contributed by atoms with van der Waals surface area (Å²) in [5.41, 5.74) is 1.05. The molecule has 0 aliphatic heterocycles. The topological polar surface area (TPSA) is 75.6 Å². The summed E-state index contributed by atoms with van der Waals surface area (Å²) in [4.78, 5) is 21.1. The van der Waals surface area contributed by atoms with Crippen molar-refractivity contribution in [3.8, 4) is 5.75 Å². The zero-order valence-electron chi connectivity index (χ0n) is 10.3. The minimum atomic E-state index is -1.03. The van der Waals surface area contributed by atoms with Gasteiger partial charge in [0.2, 0.25) is 6.41 Å². The Hall–Kier alpha value is -1.21. The molecule has 0 aliphatic carbocycles. The van der Waals surface area contributed by atoms with Crippen LogP contribution in [0.4, 0.5) is 0 Å². The third kappa shape index (κ3) is 5.12. The summed E-state index contributed by atoms with van der Waals surface area (Å²) in [6.07, 6.45) is 0.406. The van der Waals surface area contributed by atoms with Crippen LogP contribution in [0, 0.1) is 0 Å².